The maximum Gasteiger partial charge on any atom is 0.0688 e. The Morgan fingerprint density at radius 3 is 1.44 bits per heavy atom. The van der Waals surface area contributed by atoms with E-state index in [0.29, 0.717) is 0 Å². The standard InChI is InChI=1S/C14H22O2/c1-3-5-11-7-8-12(6-4-2)14(10-16)13(11)9-15/h7-8,15-16H,3-6,9-10H2,1-2H3. The lowest BCUT2D eigenvalue weighted by Gasteiger charge is -2.15. The molecule has 0 saturated heterocycles. The second-order valence-corrected chi connectivity index (χ2v) is 4.16. The summed E-state index contributed by atoms with van der Waals surface area (Å²) in [5, 5.41) is 18.9. The molecule has 0 bridgehead atoms. The summed E-state index contributed by atoms with van der Waals surface area (Å²) >= 11 is 0. The van der Waals surface area contributed by atoms with Crippen LogP contribution in [-0.2, 0) is 26.1 Å². The molecule has 2 heteroatoms. The lowest BCUT2D eigenvalue weighted by atomic mass is 9.92. The van der Waals surface area contributed by atoms with Crippen molar-refractivity contribution in [2.75, 3.05) is 0 Å². The van der Waals surface area contributed by atoms with Gasteiger partial charge in [0.15, 0.2) is 0 Å². The van der Waals surface area contributed by atoms with Gasteiger partial charge in [-0.3, -0.25) is 0 Å². The Morgan fingerprint density at radius 2 is 1.19 bits per heavy atom. The average Bonchev–Trinajstić information content (AvgIpc) is 2.31. The summed E-state index contributed by atoms with van der Waals surface area (Å²) in [6.45, 7) is 4.31. The second-order valence-electron chi connectivity index (χ2n) is 4.16. The zero-order valence-corrected chi connectivity index (χ0v) is 10.3. The number of hydrogen-bond acceptors (Lipinski definition) is 2. The van der Waals surface area contributed by atoms with E-state index < -0.39 is 0 Å². The minimum Gasteiger partial charge on any atom is -0.392 e. The summed E-state index contributed by atoms with van der Waals surface area (Å²) in [6, 6.07) is 4.19. The summed E-state index contributed by atoms with van der Waals surface area (Å²) in [6.07, 6.45) is 4.06. The minimum atomic E-state index is 0.0305. The Hall–Kier alpha value is -0.860. The maximum atomic E-state index is 9.44. The third-order valence-electron chi connectivity index (χ3n) is 2.98. The van der Waals surface area contributed by atoms with Gasteiger partial charge < -0.3 is 10.2 Å². The molecule has 0 aliphatic carbocycles. The first-order valence-corrected chi connectivity index (χ1v) is 6.12. The highest BCUT2D eigenvalue weighted by Crippen LogP contribution is 2.22. The van der Waals surface area contributed by atoms with Crippen LogP contribution >= 0.6 is 0 Å². The first kappa shape index (κ1) is 13.2. The molecular formula is C14H22O2. The van der Waals surface area contributed by atoms with Crippen molar-refractivity contribution >= 4 is 0 Å². The second kappa shape index (κ2) is 6.66. The van der Waals surface area contributed by atoms with Crippen molar-refractivity contribution in [2.24, 2.45) is 0 Å². The van der Waals surface area contributed by atoms with Crippen LogP contribution in [0.1, 0.15) is 48.9 Å². The Kier molecular flexibility index (Phi) is 5.50. The van der Waals surface area contributed by atoms with E-state index >= 15 is 0 Å². The number of aryl methyl sites for hydroxylation is 2. The molecule has 0 amide bonds. The fraction of sp³-hybridized carbons (Fsp3) is 0.571. The van der Waals surface area contributed by atoms with Gasteiger partial charge in [0.2, 0.25) is 0 Å². The van der Waals surface area contributed by atoms with Gasteiger partial charge in [0.05, 0.1) is 13.2 Å². The van der Waals surface area contributed by atoms with E-state index in [-0.39, 0.29) is 13.2 Å². The largest absolute Gasteiger partial charge is 0.392 e. The van der Waals surface area contributed by atoms with Gasteiger partial charge in [0, 0.05) is 0 Å². The van der Waals surface area contributed by atoms with Crippen molar-refractivity contribution in [2.45, 2.75) is 52.7 Å². The van der Waals surface area contributed by atoms with E-state index in [9.17, 15) is 10.2 Å². The summed E-state index contributed by atoms with van der Waals surface area (Å²) in [5.41, 5.74) is 4.23. The number of rotatable bonds is 6. The van der Waals surface area contributed by atoms with Crippen molar-refractivity contribution in [3.63, 3.8) is 0 Å². The molecule has 0 heterocycles. The van der Waals surface area contributed by atoms with Crippen molar-refractivity contribution in [3.05, 3.63) is 34.4 Å². The minimum absolute atomic E-state index is 0.0305. The first-order valence-electron chi connectivity index (χ1n) is 6.12. The van der Waals surface area contributed by atoms with Gasteiger partial charge in [-0.25, -0.2) is 0 Å². The van der Waals surface area contributed by atoms with Gasteiger partial charge in [-0.15, -0.1) is 0 Å². The van der Waals surface area contributed by atoms with Gasteiger partial charge in [0.25, 0.3) is 0 Å². The molecule has 0 saturated carbocycles. The van der Waals surface area contributed by atoms with Crippen LogP contribution in [0.4, 0.5) is 0 Å². The molecule has 0 aliphatic heterocycles. The molecule has 0 aliphatic rings. The van der Waals surface area contributed by atoms with Crippen LogP contribution in [0.15, 0.2) is 12.1 Å². The molecule has 16 heavy (non-hydrogen) atoms. The molecule has 0 spiro atoms. The molecule has 1 aromatic carbocycles. The zero-order chi connectivity index (χ0) is 12.0. The molecule has 1 rings (SSSR count). The normalized spacial score (nSPS) is 10.8. The number of aliphatic hydroxyl groups is 2. The SMILES string of the molecule is CCCc1ccc(CCC)c(CO)c1CO. The highest BCUT2D eigenvalue weighted by atomic mass is 16.3. The van der Waals surface area contributed by atoms with E-state index in [1.807, 2.05) is 0 Å². The third-order valence-corrected chi connectivity index (χ3v) is 2.98. The van der Waals surface area contributed by atoms with Crippen molar-refractivity contribution in [1.29, 1.82) is 0 Å². The van der Waals surface area contributed by atoms with Crippen LogP contribution in [0.3, 0.4) is 0 Å². The number of benzene rings is 1. The molecule has 1 aromatic rings. The van der Waals surface area contributed by atoms with Gasteiger partial charge in [-0.2, -0.15) is 0 Å². The fourth-order valence-electron chi connectivity index (χ4n) is 2.19. The molecule has 90 valence electrons. The summed E-state index contributed by atoms with van der Waals surface area (Å²) < 4.78 is 0. The summed E-state index contributed by atoms with van der Waals surface area (Å²) in [5.74, 6) is 0. The maximum absolute atomic E-state index is 9.44. The van der Waals surface area contributed by atoms with Crippen LogP contribution in [0.25, 0.3) is 0 Å². The Bertz CT molecular complexity index is 299. The first-order chi connectivity index (χ1) is 7.78. The molecule has 2 N–H and O–H groups in total. The smallest absolute Gasteiger partial charge is 0.0688 e. The van der Waals surface area contributed by atoms with E-state index in [2.05, 4.69) is 26.0 Å². The fourth-order valence-corrected chi connectivity index (χ4v) is 2.19. The molecule has 0 aromatic heterocycles. The Labute approximate surface area is 97.9 Å². The lowest BCUT2D eigenvalue weighted by Crippen LogP contribution is -2.05. The highest BCUT2D eigenvalue weighted by Gasteiger charge is 2.10. The molecule has 0 unspecified atom stereocenters. The van der Waals surface area contributed by atoms with Gasteiger partial charge in [-0.1, -0.05) is 38.8 Å². The van der Waals surface area contributed by atoms with Crippen molar-refractivity contribution in [1.82, 2.24) is 0 Å². The van der Waals surface area contributed by atoms with Crippen LogP contribution in [-0.4, -0.2) is 10.2 Å². The van der Waals surface area contributed by atoms with E-state index in [1.54, 1.807) is 0 Å². The average molecular weight is 222 g/mol. The van der Waals surface area contributed by atoms with Crippen LogP contribution in [0.2, 0.25) is 0 Å². The Morgan fingerprint density at radius 1 is 0.812 bits per heavy atom. The number of aliphatic hydroxyl groups excluding tert-OH is 2. The molecule has 0 fully saturated rings. The quantitative estimate of drug-likeness (QED) is 0.776. The van der Waals surface area contributed by atoms with E-state index in [1.165, 1.54) is 11.1 Å². The topological polar surface area (TPSA) is 40.5 Å². The zero-order valence-electron chi connectivity index (χ0n) is 10.3. The van der Waals surface area contributed by atoms with Crippen molar-refractivity contribution in [3.8, 4) is 0 Å². The van der Waals surface area contributed by atoms with Crippen LogP contribution < -0.4 is 0 Å². The molecule has 0 radical (unpaired) electrons. The Balaban J connectivity index is 3.16. The highest BCUT2D eigenvalue weighted by molar-refractivity contribution is 5.40. The lowest BCUT2D eigenvalue weighted by molar-refractivity contribution is 0.258. The predicted molar refractivity (Wildman–Crippen MR) is 66.3 cm³/mol. The van der Waals surface area contributed by atoms with Crippen LogP contribution in [0, 0.1) is 0 Å². The van der Waals surface area contributed by atoms with E-state index in [0.717, 1.165) is 36.8 Å². The number of hydrogen-bond donors (Lipinski definition) is 2. The van der Waals surface area contributed by atoms with Gasteiger partial charge in [0.1, 0.15) is 0 Å². The van der Waals surface area contributed by atoms with E-state index in [4.69, 9.17) is 0 Å². The monoisotopic (exact) mass is 222 g/mol. The molecular weight excluding hydrogens is 200 g/mol. The van der Waals surface area contributed by atoms with Gasteiger partial charge >= 0.3 is 0 Å². The predicted octanol–water partition coefficient (Wildman–Crippen LogP) is 2.58. The summed E-state index contributed by atoms with van der Waals surface area (Å²) in [7, 11) is 0. The third kappa shape index (κ3) is 2.83. The van der Waals surface area contributed by atoms with Crippen molar-refractivity contribution < 1.29 is 10.2 Å². The molecule has 0 atom stereocenters. The molecule has 2 nitrogen and oxygen atoms in total. The van der Waals surface area contributed by atoms with Gasteiger partial charge in [-0.05, 0) is 35.1 Å². The summed E-state index contributed by atoms with van der Waals surface area (Å²) in [4.78, 5) is 0. The van der Waals surface area contributed by atoms with Crippen LogP contribution in [0.5, 0.6) is 0 Å².